The zero-order chi connectivity index (χ0) is 20.2. The lowest BCUT2D eigenvalue weighted by Gasteiger charge is -2.10. The molecule has 0 aliphatic carbocycles. The van der Waals surface area contributed by atoms with E-state index in [2.05, 4.69) is 25.5 Å². The second kappa shape index (κ2) is 8.36. The maximum atomic E-state index is 12.3. The SMILES string of the molecule is CCOc1ccccc1NC(=O)CSc1nnc2c(n1)[nH]c1ccc(OC)cc12. The summed E-state index contributed by atoms with van der Waals surface area (Å²) in [6.45, 7) is 2.42. The Labute approximate surface area is 171 Å². The number of anilines is 1. The number of benzene rings is 2. The minimum Gasteiger partial charge on any atom is -0.497 e. The molecule has 0 fully saturated rings. The molecule has 148 valence electrons. The Hall–Kier alpha value is -3.33. The van der Waals surface area contributed by atoms with Crippen LogP contribution in [0.25, 0.3) is 22.1 Å². The molecule has 2 aromatic heterocycles. The van der Waals surface area contributed by atoms with Gasteiger partial charge in [-0.15, -0.1) is 10.2 Å². The number of amides is 1. The van der Waals surface area contributed by atoms with Crippen LogP contribution in [0.15, 0.2) is 47.6 Å². The lowest BCUT2D eigenvalue weighted by molar-refractivity contribution is -0.113. The van der Waals surface area contributed by atoms with E-state index in [0.29, 0.717) is 34.4 Å². The van der Waals surface area contributed by atoms with Crippen LogP contribution in [0.2, 0.25) is 0 Å². The quantitative estimate of drug-likeness (QED) is 0.449. The highest BCUT2D eigenvalue weighted by Gasteiger charge is 2.13. The fourth-order valence-corrected chi connectivity index (χ4v) is 3.48. The van der Waals surface area contributed by atoms with Crippen LogP contribution in [-0.2, 0) is 4.79 Å². The van der Waals surface area contributed by atoms with E-state index in [1.165, 1.54) is 11.8 Å². The van der Waals surface area contributed by atoms with E-state index >= 15 is 0 Å². The van der Waals surface area contributed by atoms with Crippen molar-refractivity contribution in [1.82, 2.24) is 20.2 Å². The Morgan fingerprint density at radius 1 is 1.21 bits per heavy atom. The molecule has 2 aromatic carbocycles. The second-order valence-electron chi connectivity index (χ2n) is 6.09. The molecule has 2 heterocycles. The van der Waals surface area contributed by atoms with Gasteiger partial charge in [-0.1, -0.05) is 23.9 Å². The van der Waals surface area contributed by atoms with E-state index in [-0.39, 0.29) is 11.7 Å². The summed E-state index contributed by atoms with van der Waals surface area (Å²) in [4.78, 5) is 20.0. The predicted octanol–water partition coefficient (Wildman–Crippen LogP) is 3.64. The standard InChI is InChI=1S/C20H19N5O3S/c1-3-28-16-7-5-4-6-15(16)21-17(26)11-29-20-23-19-18(24-25-20)13-10-12(27-2)8-9-14(13)22-19/h4-10H,3,11H2,1-2H3,(H,21,26)(H,22,23,25). The number of hydrogen-bond acceptors (Lipinski definition) is 7. The minimum absolute atomic E-state index is 0.154. The molecule has 0 aliphatic heterocycles. The summed E-state index contributed by atoms with van der Waals surface area (Å²) in [6, 6.07) is 13.0. The largest absolute Gasteiger partial charge is 0.497 e. The van der Waals surface area contributed by atoms with Gasteiger partial charge in [-0.2, -0.15) is 0 Å². The van der Waals surface area contributed by atoms with E-state index in [9.17, 15) is 4.79 Å². The first-order valence-corrected chi connectivity index (χ1v) is 10.0. The molecule has 0 spiro atoms. The monoisotopic (exact) mass is 409 g/mol. The van der Waals surface area contributed by atoms with Crippen molar-refractivity contribution in [2.24, 2.45) is 0 Å². The molecule has 0 atom stereocenters. The summed E-state index contributed by atoms with van der Waals surface area (Å²) < 4.78 is 10.8. The van der Waals surface area contributed by atoms with Crippen LogP contribution in [0.1, 0.15) is 6.92 Å². The Bertz CT molecular complexity index is 1180. The first-order chi connectivity index (χ1) is 14.2. The lowest BCUT2D eigenvalue weighted by atomic mass is 10.2. The van der Waals surface area contributed by atoms with Crippen molar-refractivity contribution < 1.29 is 14.3 Å². The van der Waals surface area contributed by atoms with Crippen molar-refractivity contribution >= 4 is 45.4 Å². The number of thioether (sulfide) groups is 1. The van der Waals surface area contributed by atoms with Crippen molar-refractivity contribution in [2.45, 2.75) is 12.1 Å². The van der Waals surface area contributed by atoms with Crippen LogP contribution < -0.4 is 14.8 Å². The van der Waals surface area contributed by atoms with Crippen LogP contribution in [0.5, 0.6) is 11.5 Å². The van der Waals surface area contributed by atoms with Crippen molar-refractivity contribution in [3.8, 4) is 11.5 Å². The predicted molar refractivity (Wildman–Crippen MR) is 113 cm³/mol. The smallest absolute Gasteiger partial charge is 0.234 e. The zero-order valence-corrected chi connectivity index (χ0v) is 16.7. The van der Waals surface area contributed by atoms with Gasteiger partial charge in [0.1, 0.15) is 17.0 Å². The highest BCUT2D eigenvalue weighted by Crippen LogP contribution is 2.27. The Morgan fingerprint density at radius 3 is 2.90 bits per heavy atom. The van der Waals surface area contributed by atoms with Gasteiger partial charge >= 0.3 is 0 Å². The van der Waals surface area contributed by atoms with Crippen molar-refractivity contribution in [3.63, 3.8) is 0 Å². The van der Waals surface area contributed by atoms with E-state index in [1.54, 1.807) is 13.2 Å². The Kier molecular flexibility index (Phi) is 5.48. The lowest BCUT2D eigenvalue weighted by Crippen LogP contribution is -2.15. The molecule has 4 aromatic rings. The Morgan fingerprint density at radius 2 is 2.07 bits per heavy atom. The zero-order valence-electron chi connectivity index (χ0n) is 15.9. The van der Waals surface area contributed by atoms with Crippen LogP contribution >= 0.6 is 11.8 Å². The van der Waals surface area contributed by atoms with E-state index in [0.717, 1.165) is 16.7 Å². The van der Waals surface area contributed by atoms with Gasteiger partial charge in [0.2, 0.25) is 11.1 Å². The molecule has 0 saturated heterocycles. The van der Waals surface area contributed by atoms with Crippen LogP contribution in [0, 0.1) is 0 Å². The van der Waals surface area contributed by atoms with Crippen molar-refractivity contribution in [1.29, 1.82) is 0 Å². The molecule has 0 radical (unpaired) electrons. The molecule has 8 nitrogen and oxygen atoms in total. The maximum absolute atomic E-state index is 12.3. The highest BCUT2D eigenvalue weighted by molar-refractivity contribution is 7.99. The molecule has 2 N–H and O–H groups in total. The minimum atomic E-state index is -0.174. The first-order valence-electron chi connectivity index (χ1n) is 9.02. The second-order valence-corrected chi connectivity index (χ2v) is 7.04. The number of rotatable bonds is 7. The normalized spacial score (nSPS) is 11.0. The molecule has 1 amide bonds. The van der Waals surface area contributed by atoms with Crippen molar-refractivity contribution in [3.05, 3.63) is 42.5 Å². The molecule has 29 heavy (non-hydrogen) atoms. The van der Waals surface area contributed by atoms with Gasteiger partial charge in [0.25, 0.3) is 0 Å². The number of H-pyrrole nitrogens is 1. The topological polar surface area (TPSA) is 102 Å². The van der Waals surface area contributed by atoms with E-state index in [1.807, 2.05) is 43.3 Å². The molecule has 0 saturated carbocycles. The number of nitrogens with zero attached hydrogens (tertiary/aromatic N) is 3. The van der Waals surface area contributed by atoms with E-state index in [4.69, 9.17) is 9.47 Å². The van der Waals surface area contributed by atoms with Crippen LogP contribution in [-0.4, -0.2) is 45.5 Å². The number of aromatic amines is 1. The summed E-state index contributed by atoms with van der Waals surface area (Å²) >= 11 is 1.22. The molecular weight excluding hydrogens is 390 g/mol. The van der Waals surface area contributed by atoms with Gasteiger partial charge in [-0.25, -0.2) is 4.98 Å². The van der Waals surface area contributed by atoms with Gasteiger partial charge in [-0.3, -0.25) is 4.79 Å². The summed E-state index contributed by atoms with van der Waals surface area (Å²) in [7, 11) is 1.62. The Balaban J connectivity index is 1.47. The van der Waals surface area contributed by atoms with Gasteiger partial charge in [0.15, 0.2) is 5.65 Å². The third kappa shape index (κ3) is 4.09. The first kappa shape index (κ1) is 19.0. The maximum Gasteiger partial charge on any atom is 0.234 e. The molecule has 0 bridgehead atoms. The number of fused-ring (bicyclic) bond motifs is 3. The summed E-state index contributed by atoms with van der Waals surface area (Å²) in [6.07, 6.45) is 0. The van der Waals surface area contributed by atoms with Gasteiger partial charge < -0.3 is 19.8 Å². The summed E-state index contributed by atoms with van der Waals surface area (Å²) in [5.41, 5.74) is 2.82. The number of nitrogens with one attached hydrogen (secondary N) is 2. The van der Waals surface area contributed by atoms with Gasteiger partial charge in [0.05, 0.1) is 25.2 Å². The molecule has 4 rings (SSSR count). The highest BCUT2D eigenvalue weighted by atomic mass is 32.2. The fraction of sp³-hybridized carbons (Fsp3) is 0.200. The fourth-order valence-electron chi connectivity index (χ4n) is 2.89. The molecule has 9 heteroatoms. The summed E-state index contributed by atoms with van der Waals surface area (Å²) in [5.74, 6) is 1.36. The summed E-state index contributed by atoms with van der Waals surface area (Å²) in [5, 5.41) is 12.6. The van der Waals surface area contributed by atoms with Crippen LogP contribution in [0.3, 0.4) is 0 Å². The average molecular weight is 409 g/mol. The molecular formula is C20H19N5O3S. The van der Waals surface area contributed by atoms with Gasteiger partial charge in [-0.05, 0) is 37.3 Å². The third-order valence-electron chi connectivity index (χ3n) is 4.20. The number of para-hydroxylation sites is 2. The number of methoxy groups -OCH3 is 1. The van der Waals surface area contributed by atoms with Crippen molar-refractivity contribution in [2.75, 3.05) is 24.8 Å². The molecule has 0 aliphatic rings. The molecule has 0 unspecified atom stereocenters. The van der Waals surface area contributed by atoms with E-state index < -0.39 is 0 Å². The number of carbonyl (C=O) groups excluding carboxylic acids is 1. The average Bonchev–Trinajstić information content (AvgIpc) is 3.10. The third-order valence-corrected chi connectivity index (χ3v) is 5.03. The number of aromatic nitrogens is 4. The number of hydrogen-bond donors (Lipinski definition) is 2. The number of carbonyl (C=O) groups is 1. The number of ether oxygens (including phenoxy) is 2. The van der Waals surface area contributed by atoms with Gasteiger partial charge in [0, 0.05) is 10.9 Å². The van der Waals surface area contributed by atoms with Crippen LogP contribution in [0.4, 0.5) is 5.69 Å².